The van der Waals surface area contributed by atoms with E-state index in [0.717, 1.165) is 42.8 Å². The molecule has 0 atom stereocenters. The molecule has 2 aromatic rings. The first-order chi connectivity index (χ1) is 9.83. The van der Waals surface area contributed by atoms with Gasteiger partial charge in [0.15, 0.2) is 8.68 Å². The summed E-state index contributed by atoms with van der Waals surface area (Å²) >= 11 is 6.31. The smallest absolute Gasteiger partial charge is 0.339 e. The summed E-state index contributed by atoms with van der Waals surface area (Å²) in [5, 5.41) is 0. The average molecular weight is 351 g/mol. The first kappa shape index (κ1) is 15.7. The van der Waals surface area contributed by atoms with Crippen LogP contribution in [-0.4, -0.2) is 26.5 Å². The zero-order valence-corrected chi connectivity index (χ0v) is 12.9. The largest absolute Gasteiger partial charge is 0.465 e. The number of hydrogen-bond acceptors (Lipinski definition) is 6. The lowest BCUT2D eigenvalue weighted by molar-refractivity contribution is 0.0602. The summed E-state index contributed by atoms with van der Waals surface area (Å²) in [6, 6.07) is 3.03. The molecule has 0 aliphatic rings. The fourth-order valence-electron chi connectivity index (χ4n) is 1.45. The lowest BCUT2D eigenvalue weighted by atomic mass is 10.2. The van der Waals surface area contributed by atoms with Gasteiger partial charge >= 0.3 is 5.97 Å². The van der Waals surface area contributed by atoms with Gasteiger partial charge in [-0.3, -0.25) is 4.72 Å². The minimum absolute atomic E-state index is 0.0443. The topological polar surface area (TPSA) is 85.4 Å². The van der Waals surface area contributed by atoms with Gasteiger partial charge in [-0.25, -0.2) is 22.6 Å². The Balaban J connectivity index is 2.43. The molecule has 0 unspecified atom stereocenters. The molecule has 1 N–H and O–H groups in total. The van der Waals surface area contributed by atoms with E-state index in [4.69, 9.17) is 11.6 Å². The van der Waals surface area contributed by atoms with Gasteiger partial charge in [0.05, 0.1) is 24.6 Å². The van der Waals surface area contributed by atoms with Crippen LogP contribution >= 0.6 is 22.9 Å². The van der Waals surface area contributed by atoms with Crippen molar-refractivity contribution in [1.82, 2.24) is 4.98 Å². The Morgan fingerprint density at radius 1 is 1.48 bits per heavy atom. The molecule has 0 saturated carbocycles. The van der Waals surface area contributed by atoms with Crippen molar-refractivity contribution in [1.29, 1.82) is 0 Å². The zero-order chi connectivity index (χ0) is 15.6. The molecule has 6 nitrogen and oxygen atoms in total. The Labute approximate surface area is 128 Å². The number of sulfonamides is 1. The number of carbonyl (C=O) groups excluding carboxylic acids is 1. The maximum absolute atomic E-state index is 13.3. The van der Waals surface area contributed by atoms with Gasteiger partial charge < -0.3 is 4.74 Å². The molecular weight excluding hydrogens is 343 g/mol. The first-order valence-corrected chi connectivity index (χ1v) is 8.03. The van der Waals surface area contributed by atoms with E-state index in [0.29, 0.717) is 0 Å². The van der Waals surface area contributed by atoms with Gasteiger partial charge in [-0.05, 0) is 18.2 Å². The van der Waals surface area contributed by atoms with Crippen molar-refractivity contribution in [2.24, 2.45) is 0 Å². The van der Waals surface area contributed by atoms with Crippen LogP contribution in [0.4, 0.5) is 10.1 Å². The van der Waals surface area contributed by atoms with E-state index < -0.39 is 21.8 Å². The third-order valence-corrected chi connectivity index (χ3v) is 5.29. The minimum atomic E-state index is -4.03. The molecule has 0 bridgehead atoms. The standard InChI is InChI=1S/C11H8ClFN2O4S2/c1-19-10(16)7-3-2-6(13)4-8(7)15-21(17,18)9-5-14-11(12)20-9/h2-5,15H,1H3. The van der Waals surface area contributed by atoms with Gasteiger partial charge in [-0.15, -0.1) is 0 Å². The van der Waals surface area contributed by atoms with Crippen LogP contribution < -0.4 is 4.72 Å². The van der Waals surface area contributed by atoms with Gasteiger partial charge in [0.2, 0.25) is 0 Å². The molecule has 2 rings (SSSR count). The summed E-state index contributed by atoms with van der Waals surface area (Å²) in [7, 11) is -2.89. The number of thiazole rings is 1. The predicted molar refractivity (Wildman–Crippen MR) is 75.7 cm³/mol. The number of ether oxygens (including phenoxy) is 1. The summed E-state index contributed by atoms with van der Waals surface area (Å²) < 4.78 is 44.0. The molecule has 0 fully saturated rings. The highest BCUT2D eigenvalue weighted by Gasteiger charge is 2.22. The molecule has 0 aliphatic carbocycles. The number of halogens is 2. The summed E-state index contributed by atoms with van der Waals surface area (Å²) in [4.78, 5) is 15.2. The first-order valence-electron chi connectivity index (χ1n) is 5.35. The Bertz CT molecular complexity index is 791. The average Bonchev–Trinajstić information content (AvgIpc) is 2.85. The Morgan fingerprint density at radius 2 is 2.19 bits per heavy atom. The molecule has 1 aromatic heterocycles. The lowest BCUT2D eigenvalue weighted by Gasteiger charge is -2.10. The van der Waals surface area contributed by atoms with E-state index >= 15 is 0 Å². The van der Waals surface area contributed by atoms with Crippen LogP contribution in [0, 0.1) is 5.82 Å². The van der Waals surface area contributed by atoms with Crippen molar-refractivity contribution in [2.75, 3.05) is 11.8 Å². The number of nitrogens with zero attached hydrogens (tertiary/aromatic N) is 1. The van der Waals surface area contributed by atoms with Crippen molar-refractivity contribution in [3.8, 4) is 0 Å². The summed E-state index contributed by atoms with van der Waals surface area (Å²) in [6.07, 6.45) is 1.06. The van der Waals surface area contributed by atoms with Crippen molar-refractivity contribution >= 4 is 44.6 Å². The van der Waals surface area contributed by atoms with E-state index in [1.54, 1.807) is 0 Å². The van der Waals surface area contributed by atoms with Crippen LogP contribution in [0.2, 0.25) is 4.47 Å². The maximum Gasteiger partial charge on any atom is 0.339 e. The second-order valence-electron chi connectivity index (χ2n) is 3.72. The predicted octanol–water partition coefficient (Wildman–Crippen LogP) is 2.52. The van der Waals surface area contributed by atoms with Crippen molar-refractivity contribution in [3.05, 3.63) is 40.2 Å². The van der Waals surface area contributed by atoms with E-state index in [-0.39, 0.29) is 19.9 Å². The van der Waals surface area contributed by atoms with E-state index in [1.807, 2.05) is 0 Å². The molecule has 1 heterocycles. The SMILES string of the molecule is COC(=O)c1ccc(F)cc1NS(=O)(=O)c1cnc(Cl)s1. The van der Waals surface area contributed by atoms with Crippen LogP contribution in [0.15, 0.2) is 28.6 Å². The highest BCUT2D eigenvalue weighted by Crippen LogP contribution is 2.26. The number of carbonyl (C=O) groups is 1. The third-order valence-electron chi connectivity index (χ3n) is 2.35. The monoisotopic (exact) mass is 350 g/mol. The zero-order valence-electron chi connectivity index (χ0n) is 10.5. The van der Waals surface area contributed by atoms with Gasteiger partial charge in [0.1, 0.15) is 5.82 Å². The number of aromatic nitrogens is 1. The fourth-order valence-corrected chi connectivity index (χ4v) is 3.81. The highest BCUT2D eigenvalue weighted by atomic mass is 35.5. The van der Waals surface area contributed by atoms with Gasteiger partial charge in [-0.2, -0.15) is 0 Å². The Kier molecular flexibility index (Phi) is 4.45. The van der Waals surface area contributed by atoms with Gasteiger partial charge in [-0.1, -0.05) is 22.9 Å². The number of nitrogens with one attached hydrogen (secondary N) is 1. The van der Waals surface area contributed by atoms with E-state index in [9.17, 15) is 17.6 Å². The van der Waals surface area contributed by atoms with E-state index in [1.165, 1.54) is 0 Å². The summed E-state index contributed by atoms with van der Waals surface area (Å²) in [5.41, 5.74) is -0.343. The highest BCUT2D eigenvalue weighted by molar-refractivity contribution is 7.94. The number of methoxy groups -OCH3 is 1. The molecule has 112 valence electrons. The molecule has 1 aromatic carbocycles. The summed E-state index contributed by atoms with van der Waals surface area (Å²) in [6.45, 7) is 0. The molecule has 0 radical (unpaired) electrons. The number of esters is 1. The van der Waals surface area contributed by atoms with Gasteiger partial charge in [0, 0.05) is 0 Å². The minimum Gasteiger partial charge on any atom is -0.465 e. The second-order valence-corrected chi connectivity index (χ2v) is 7.24. The number of hydrogen-bond donors (Lipinski definition) is 1. The lowest BCUT2D eigenvalue weighted by Crippen LogP contribution is -2.15. The van der Waals surface area contributed by atoms with Crippen molar-refractivity contribution in [2.45, 2.75) is 4.21 Å². The second kappa shape index (κ2) is 5.96. The Hall–Kier alpha value is -1.71. The normalized spacial score (nSPS) is 11.2. The van der Waals surface area contributed by atoms with Crippen LogP contribution in [0.25, 0.3) is 0 Å². The molecule has 0 aliphatic heterocycles. The fraction of sp³-hybridized carbons (Fsp3) is 0.0909. The number of rotatable bonds is 4. The molecule has 0 amide bonds. The molecule has 0 saturated heterocycles. The maximum atomic E-state index is 13.3. The third kappa shape index (κ3) is 3.49. The van der Waals surface area contributed by atoms with Crippen molar-refractivity contribution < 1.29 is 22.3 Å². The van der Waals surface area contributed by atoms with Crippen LogP contribution in [0.3, 0.4) is 0 Å². The van der Waals surface area contributed by atoms with Gasteiger partial charge in [0.25, 0.3) is 10.0 Å². The number of benzene rings is 1. The van der Waals surface area contributed by atoms with Crippen LogP contribution in [-0.2, 0) is 14.8 Å². The van der Waals surface area contributed by atoms with Crippen molar-refractivity contribution in [3.63, 3.8) is 0 Å². The molecular formula is C11H8ClFN2O4S2. The summed E-state index contributed by atoms with van der Waals surface area (Å²) in [5.74, 6) is -1.50. The number of anilines is 1. The Morgan fingerprint density at radius 3 is 2.76 bits per heavy atom. The van der Waals surface area contributed by atoms with E-state index in [2.05, 4.69) is 14.4 Å². The van der Waals surface area contributed by atoms with Crippen LogP contribution in [0.1, 0.15) is 10.4 Å². The van der Waals surface area contributed by atoms with Crippen LogP contribution in [0.5, 0.6) is 0 Å². The molecule has 10 heteroatoms. The quantitative estimate of drug-likeness (QED) is 0.856. The molecule has 0 spiro atoms. The molecule has 21 heavy (non-hydrogen) atoms.